The molecule has 1 heterocycles. The quantitative estimate of drug-likeness (QED) is 0.382. The zero-order chi connectivity index (χ0) is 16.7. The van der Waals surface area contributed by atoms with Crippen molar-refractivity contribution in [3.63, 3.8) is 0 Å². The highest BCUT2D eigenvalue weighted by Gasteiger charge is 2.07. The number of nitrogens with one attached hydrogen (secondary N) is 2. The predicted molar refractivity (Wildman–Crippen MR) is 95.8 cm³/mol. The first-order valence-corrected chi connectivity index (χ1v) is 8.90. The Bertz CT molecular complexity index is 763. The maximum atomic E-state index is 11.4. The van der Waals surface area contributed by atoms with Gasteiger partial charge >= 0.3 is 0 Å². The van der Waals surface area contributed by atoms with Crippen LogP contribution >= 0.6 is 23.1 Å². The number of rotatable bonds is 4. The number of amidine groups is 1. The summed E-state index contributed by atoms with van der Waals surface area (Å²) >= 11 is 2.74. The Morgan fingerprint density at radius 2 is 2.35 bits per heavy atom. The minimum atomic E-state index is -0.0589. The molecule has 0 radical (unpaired) electrons. The number of anilines is 1. The van der Waals surface area contributed by atoms with E-state index in [9.17, 15) is 4.79 Å². The Morgan fingerprint density at radius 3 is 3.04 bits per heavy atom. The van der Waals surface area contributed by atoms with Crippen molar-refractivity contribution in [1.82, 2.24) is 10.3 Å². The smallest absolute Gasteiger partial charge is 0.225 e. The maximum Gasteiger partial charge on any atom is 0.225 e. The lowest BCUT2D eigenvalue weighted by Crippen LogP contribution is -2.12. The van der Waals surface area contributed by atoms with E-state index in [1.165, 1.54) is 23.1 Å². The fraction of sp³-hybridized carbons (Fsp3) is 0.200. The number of nitrogens with zero attached hydrogens (tertiary/aromatic N) is 3. The van der Waals surface area contributed by atoms with Crippen molar-refractivity contribution < 1.29 is 4.79 Å². The molecule has 0 saturated carbocycles. The molecule has 0 atom stereocenters. The SMILES string of the molecule is CCC(=O)Nc1nc(-c2cccc(N=C(NC#N)SC)c2)cs1. The number of aromatic nitrogens is 1. The highest BCUT2D eigenvalue weighted by Crippen LogP contribution is 2.28. The molecule has 0 unspecified atom stereocenters. The van der Waals surface area contributed by atoms with Gasteiger partial charge in [-0.1, -0.05) is 30.8 Å². The van der Waals surface area contributed by atoms with Gasteiger partial charge in [-0.2, -0.15) is 5.26 Å². The Kier molecular flexibility index (Phi) is 6.14. The standard InChI is InChI=1S/C15H15N5OS2/c1-3-13(21)20-15-19-12(8-23-15)10-5-4-6-11(7-10)18-14(22-2)17-9-16/h4-8H,3H2,1-2H3,(H,17,18)(H,19,20,21). The van der Waals surface area contributed by atoms with E-state index in [2.05, 4.69) is 20.6 Å². The molecule has 0 aliphatic rings. The first-order valence-electron chi connectivity index (χ1n) is 6.80. The second kappa shape index (κ2) is 8.31. The van der Waals surface area contributed by atoms with Gasteiger partial charge in [-0.3, -0.25) is 10.1 Å². The maximum absolute atomic E-state index is 11.4. The van der Waals surface area contributed by atoms with Gasteiger partial charge in [0.1, 0.15) is 0 Å². The lowest BCUT2D eigenvalue weighted by molar-refractivity contribution is -0.115. The van der Waals surface area contributed by atoms with E-state index in [-0.39, 0.29) is 5.91 Å². The van der Waals surface area contributed by atoms with Gasteiger partial charge in [-0.25, -0.2) is 9.98 Å². The van der Waals surface area contributed by atoms with Gasteiger partial charge in [0.25, 0.3) is 0 Å². The van der Waals surface area contributed by atoms with E-state index < -0.39 is 0 Å². The normalized spacial score (nSPS) is 10.9. The fourth-order valence-electron chi connectivity index (χ4n) is 1.70. The summed E-state index contributed by atoms with van der Waals surface area (Å²) in [6.07, 6.45) is 4.12. The molecule has 1 aromatic heterocycles. The van der Waals surface area contributed by atoms with Crippen LogP contribution in [0.3, 0.4) is 0 Å². The topological polar surface area (TPSA) is 90.2 Å². The van der Waals surface area contributed by atoms with Crippen LogP contribution in [0.5, 0.6) is 0 Å². The van der Waals surface area contributed by atoms with Crippen LogP contribution in [0.4, 0.5) is 10.8 Å². The third-order valence-electron chi connectivity index (χ3n) is 2.80. The molecule has 2 N–H and O–H groups in total. The number of carbonyl (C=O) groups excluding carboxylic acids is 1. The Morgan fingerprint density at radius 1 is 1.52 bits per heavy atom. The Labute approximate surface area is 142 Å². The van der Waals surface area contributed by atoms with Crippen LogP contribution in [0.1, 0.15) is 13.3 Å². The average molecular weight is 345 g/mol. The number of benzene rings is 1. The summed E-state index contributed by atoms with van der Waals surface area (Å²) in [7, 11) is 0. The third kappa shape index (κ3) is 4.81. The minimum absolute atomic E-state index is 0.0589. The van der Waals surface area contributed by atoms with Crippen LogP contribution in [-0.2, 0) is 4.79 Å². The average Bonchev–Trinajstić information content (AvgIpc) is 3.03. The van der Waals surface area contributed by atoms with Gasteiger partial charge in [0.15, 0.2) is 16.5 Å². The van der Waals surface area contributed by atoms with Crippen LogP contribution in [-0.4, -0.2) is 22.3 Å². The Balaban J connectivity index is 2.23. The van der Waals surface area contributed by atoms with Crippen molar-refractivity contribution in [2.45, 2.75) is 13.3 Å². The van der Waals surface area contributed by atoms with E-state index in [1.54, 1.807) is 6.92 Å². The Hall–Kier alpha value is -2.37. The van der Waals surface area contributed by atoms with Crippen molar-refractivity contribution in [2.75, 3.05) is 11.6 Å². The summed E-state index contributed by atoms with van der Waals surface area (Å²) in [5, 5.41) is 16.9. The van der Waals surface area contributed by atoms with Crippen LogP contribution in [0.25, 0.3) is 11.3 Å². The van der Waals surface area contributed by atoms with E-state index in [4.69, 9.17) is 5.26 Å². The number of aliphatic imine (C=N–C) groups is 1. The predicted octanol–water partition coefficient (Wildman–Crippen LogP) is 3.58. The summed E-state index contributed by atoms with van der Waals surface area (Å²) in [4.78, 5) is 20.2. The zero-order valence-electron chi connectivity index (χ0n) is 12.7. The van der Waals surface area contributed by atoms with Crippen molar-refractivity contribution in [1.29, 1.82) is 5.26 Å². The fourth-order valence-corrected chi connectivity index (χ4v) is 2.78. The van der Waals surface area contributed by atoms with Gasteiger partial charge in [0.2, 0.25) is 5.91 Å². The second-order valence-electron chi connectivity index (χ2n) is 4.35. The van der Waals surface area contributed by atoms with Crippen molar-refractivity contribution in [3.8, 4) is 17.5 Å². The number of hydrogen-bond donors (Lipinski definition) is 2. The summed E-state index contributed by atoms with van der Waals surface area (Å²) in [5.41, 5.74) is 2.40. The molecule has 8 heteroatoms. The van der Waals surface area contributed by atoms with Gasteiger partial charge in [0, 0.05) is 17.4 Å². The van der Waals surface area contributed by atoms with E-state index in [0.717, 1.165) is 16.9 Å². The number of thiazole rings is 1. The molecule has 23 heavy (non-hydrogen) atoms. The molecular weight excluding hydrogens is 330 g/mol. The molecule has 2 aromatic rings. The van der Waals surface area contributed by atoms with Crippen molar-refractivity contribution in [3.05, 3.63) is 29.6 Å². The summed E-state index contributed by atoms with van der Waals surface area (Å²) in [6.45, 7) is 1.80. The van der Waals surface area contributed by atoms with Crippen LogP contribution in [0.2, 0.25) is 0 Å². The molecule has 0 fully saturated rings. The number of amides is 1. The first kappa shape index (κ1) is 17.0. The largest absolute Gasteiger partial charge is 0.302 e. The van der Waals surface area contributed by atoms with Gasteiger partial charge in [-0.05, 0) is 18.4 Å². The van der Waals surface area contributed by atoms with Crippen LogP contribution < -0.4 is 10.6 Å². The monoisotopic (exact) mass is 345 g/mol. The molecular formula is C15H15N5OS2. The molecule has 1 aromatic carbocycles. The van der Waals surface area contributed by atoms with Crippen molar-refractivity contribution in [2.24, 2.45) is 4.99 Å². The summed E-state index contributed by atoms with van der Waals surface area (Å²) in [5.74, 6) is -0.0589. The van der Waals surface area contributed by atoms with Gasteiger partial charge in [0.05, 0.1) is 11.4 Å². The first-order chi connectivity index (χ1) is 11.2. The number of hydrogen-bond acceptors (Lipinski definition) is 6. The van der Waals surface area contributed by atoms with Gasteiger partial charge < -0.3 is 5.32 Å². The lowest BCUT2D eigenvalue weighted by atomic mass is 10.1. The molecule has 2 rings (SSSR count). The summed E-state index contributed by atoms with van der Waals surface area (Å²) < 4.78 is 0. The molecule has 0 bridgehead atoms. The molecule has 1 amide bonds. The van der Waals surface area contributed by atoms with Crippen LogP contribution in [0.15, 0.2) is 34.6 Å². The third-order valence-corrected chi connectivity index (χ3v) is 4.14. The second-order valence-corrected chi connectivity index (χ2v) is 6.00. The number of carbonyl (C=O) groups is 1. The van der Waals surface area contributed by atoms with E-state index >= 15 is 0 Å². The highest BCUT2D eigenvalue weighted by atomic mass is 32.2. The molecule has 0 spiro atoms. The lowest BCUT2D eigenvalue weighted by Gasteiger charge is -2.02. The van der Waals surface area contributed by atoms with E-state index in [0.29, 0.717) is 16.7 Å². The van der Waals surface area contributed by atoms with E-state index in [1.807, 2.05) is 42.1 Å². The molecule has 6 nitrogen and oxygen atoms in total. The number of thioether (sulfide) groups is 1. The summed E-state index contributed by atoms with van der Waals surface area (Å²) in [6, 6.07) is 7.54. The molecule has 0 aliphatic heterocycles. The number of nitriles is 1. The molecule has 118 valence electrons. The molecule has 0 aliphatic carbocycles. The van der Waals surface area contributed by atoms with Crippen LogP contribution in [0, 0.1) is 11.5 Å². The molecule has 0 saturated heterocycles. The minimum Gasteiger partial charge on any atom is -0.302 e. The van der Waals surface area contributed by atoms with Crippen molar-refractivity contribution >= 4 is 45.0 Å². The van der Waals surface area contributed by atoms with Gasteiger partial charge in [-0.15, -0.1) is 11.3 Å². The zero-order valence-corrected chi connectivity index (χ0v) is 14.3. The highest BCUT2D eigenvalue weighted by molar-refractivity contribution is 8.13.